The van der Waals surface area contributed by atoms with Crippen molar-refractivity contribution in [2.75, 3.05) is 16.4 Å². The zero-order chi connectivity index (χ0) is 24.8. The molecule has 4 aromatic rings. The summed E-state index contributed by atoms with van der Waals surface area (Å²) in [5.74, 6) is -0.246. The molecule has 6 N–H and O–H groups in total. The van der Waals surface area contributed by atoms with Gasteiger partial charge >= 0.3 is 0 Å². The number of anilines is 4. The third kappa shape index (κ3) is 4.52. The van der Waals surface area contributed by atoms with Crippen LogP contribution < -0.4 is 16.4 Å². The number of hydrogen-bond donors (Lipinski definition) is 5. The predicted molar refractivity (Wildman–Crippen MR) is 130 cm³/mol. The maximum absolute atomic E-state index is 12.0. The normalized spacial score (nSPS) is 12.1. The summed E-state index contributed by atoms with van der Waals surface area (Å²) in [6.45, 7) is 1.37. The van der Waals surface area contributed by atoms with Crippen molar-refractivity contribution in [3.8, 4) is 0 Å². The number of carbonyl (C=O) groups is 1. The van der Waals surface area contributed by atoms with Crippen molar-refractivity contribution < 1.29 is 30.7 Å². The summed E-state index contributed by atoms with van der Waals surface area (Å²) in [4.78, 5) is 10.4. The standard InChI is InChI=1S/C22H19N3O7S2/c1-12(26)24-14-5-7-15(8-6-14)25-19-11-21(34(30,31)32)22(23)18-9-13-3-2-4-20(33(27,28)29)16(13)10-17(18)19/h2-11,25H,23H2,1H3,(H,24,26)(H,27,28,29)(H,30,31,32). The fraction of sp³-hybridized carbons (Fsp3) is 0.0455. The van der Waals surface area contributed by atoms with E-state index in [0.717, 1.165) is 6.07 Å². The summed E-state index contributed by atoms with van der Waals surface area (Å²) < 4.78 is 67.1. The van der Waals surface area contributed by atoms with Crippen molar-refractivity contribution in [3.63, 3.8) is 0 Å². The zero-order valence-electron chi connectivity index (χ0n) is 17.6. The molecule has 0 aliphatic carbocycles. The van der Waals surface area contributed by atoms with Crippen LogP contribution in [0.1, 0.15) is 6.92 Å². The summed E-state index contributed by atoms with van der Waals surface area (Å²) in [5, 5.41) is 6.83. The van der Waals surface area contributed by atoms with Gasteiger partial charge in [0, 0.05) is 40.1 Å². The van der Waals surface area contributed by atoms with E-state index in [2.05, 4.69) is 10.6 Å². The van der Waals surface area contributed by atoms with Gasteiger partial charge in [-0.15, -0.1) is 0 Å². The fourth-order valence-electron chi connectivity index (χ4n) is 3.70. The lowest BCUT2D eigenvalue weighted by Crippen LogP contribution is -2.06. The molecule has 0 fully saturated rings. The van der Waals surface area contributed by atoms with Crippen LogP contribution in [0.15, 0.2) is 70.5 Å². The van der Waals surface area contributed by atoms with Crippen molar-refractivity contribution in [1.82, 2.24) is 0 Å². The molecule has 0 spiro atoms. The van der Waals surface area contributed by atoms with Crippen molar-refractivity contribution in [3.05, 3.63) is 60.7 Å². The maximum atomic E-state index is 12.0. The first-order chi connectivity index (χ1) is 15.8. The Morgan fingerprint density at radius 1 is 0.794 bits per heavy atom. The Bertz CT molecular complexity index is 1680. The Hall–Kier alpha value is -3.71. The highest BCUT2D eigenvalue weighted by Gasteiger charge is 2.21. The van der Waals surface area contributed by atoms with E-state index < -0.39 is 25.1 Å². The average molecular weight is 502 g/mol. The van der Waals surface area contributed by atoms with Crippen molar-refractivity contribution in [1.29, 1.82) is 0 Å². The van der Waals surface area contributed by atoms with Crippen LogP contribution in [0.5, 0.6) is 0 Å². The van der Waals surface area contributed by atoms with Gasteiger partial charge in [-0.25, -0.2) is 0 Å². The minimum atomic E-state index is -4.69. The minimum Gasteiger partial charge on any atom is -0.397 e. The highest BCUT2D eigenvalue weighted by molar-refractivity contribution is 7.86. The number of rotatable bonds is 5. The number of hydrogen-bond acceptors (Lipinski definition) is 7. The molecule has 0 bridgehead atoms. The van der Waals surface area contributed by atoms with E-state index in [1.807, 2.05) is 0 Å². The third-order valence-corrected chi connectivity index (χ3v) is 6.95. The highest BCUT2D eigenvalue weighted by atomic mass is 32.2. The molecule has 10 nitrogen and oxygen atoms in total. The van der Waals surface area contributed by atoms with E-state index in [9.17, 15) is 30.7 Å². The molecule has 0 saturated carbocycles. The van der Waals surface area contributed by atoms with Gasteiger partial charge in [0.2, 0.25) is 5.91 Å². The van der Waals surface area contributed by atoms with E-state index in [-0.39, 0.29) is 32.9 Å². The summed E-state index contributed by atoms with van der Waals surface area (Å²) in [6.07, 6.45) is 0. The van der Waals surface area contributed by atoms with Crippen molar-refractivity contribution in [2.45, 2.75) is 16.7 Å². The Morgan fingerprint density at radius 2 is 1.41 bits per heavy atom. The first-order valence-corrected chi connectivity index (χ1v) is 12.6. The Balaban J connectivity index is 1.99. The lowest BCUT2D eigenvalue weighted by Gasteiger charge is -2.16. The van der Waals surface area contributed by atoms with Gasteiger partial charge in [-0.05, 0) is 53.9 Å². The molecule has 0 atom stereocenters. The van der Waals surface area contributed by atoms with Gasteiger partial charge in [-0.2, -0.15) is 16.8 Å². The van der Waals surface area contributed by atoms with Gasteiger partial charge in [0.05, 0.1) is 5.69 Å². The van der Waals surface area contributed by atoms with Gasteiger partial charge in [-0.3, -0.25) is 13.9 Å². The van der Waals surface area contributed by atoms with Gasteiger partial charge in [0.1, 0.15) is 9.79 Å². The number of nitrogen functional groups attached to an aromatic ring is 1. The number of carbonyl (C=O) groups excluding carboxylic acids is 1. The molecule has 34 heavy (non-hydrogen) atoms. The van der Waals surface area contributed by atoms with E-state index in [0.29, 0.717) is 22.1 Å². The maximum Gasteiger partial charge on any atom is 0.296 e. The second kappa shape index (κ2) is 8.25. The highest BCUT2D eigenvalue weighted by Crippen LogP contribution is 2.39. The topological polar surface area (TPSA) is 176 Å². The Kier molecular flexibility index (Phi) is 5.69. The third-order valence-electron chi connectivity index (χ3n) is 5.14. The van der Waals surface area contributed by atoms with E-state index in [1.54, 1.807) is 30.3 Å². The lowest BCUT2D eigenvalue weighted by molar-refractivity contribution is -0.114. The van der Waals surface area contributed by atoms with Crippen LogP contribution in [-0.2, 0) is 25.0 Å². The number of fused-ring (bicyclic) bond motifs is 2. The second-order valence-electron chi connectivity index (χ2n) is 7.54. The number of nitrogens with two attached hydrogens (primary N) is 1. The summed E-state index contributed by atoms with van der Waals surface area (Å²) in [7, 11) is -9.24. The van der Waals surface area contributed by atoms with Gasteiger partial charge < -0.3 is 16.4 Å². The minimum absolute atomic E-state index is 0.195. The smallest absolute Gasteiger partial charge is 0.296 e. The van der Waals surface area contributed by atoms with E-state index in [1.165, 1.54) is 31.2 Å². The molecule has 0 aliphatic rings. The average Bonchev–Trinajstić information content (AvgIpc) is 2.73. The van der Waals surface area contributed by atoms with Gasteiger partial charge in [-0.1, -0.05) is 12.1 Å². The van der Waals surface area contributed by atoms with Crippen LogP contribution >= 0.6 is 0 Å². The fourth-order valence-corrected chi connectivity index (χ4v) is 5.06. The van der Waals surface area contributed by atoms with Crippen molar-refractivity contribution >= 4 is 70.4 Å². The summed E-state index contributed by atoms with van der Waals surface area (Å²) in [6, 6.07) is 14.8. The molecule has 0 aliphatic heterocycles. The molecule has 4 rings (SSSR count). The van der Waals surface area contributed by atoms with Crippen LogP contribution in [0.25, 0.3) is 21.5 Å². The number of amides is 1. The monoisotopic (exact) mass is 501 g/mol. The SMILES string of the molecule is CC(=O)Nc1ccc(Nc2cc(S(=O)(=O)O)c(N)c3cc4cccc(S(=O)(=O)O)c4cc23)cc1. The Labute approximate surface area is 194 Å². The second-order valence-corrected chi connectivity index (χ2v) is 10.3. The predicted octanol–water partition coefficient (Wildman–Crippen LogP) is 3.77. The summed E-state index contributed by atoms with van der Waals surface area (Å²) in [5.41, 5.74) is 7.11. The van der Waals surface area contributed by atoms with Crippen LogP contribution in [0.2, 0.25) is 0 Å². The van der Waals surface area contributed by atoms with Crippen LogP contribution in [0, 0.1) is 0 Å². The molecule has 0 unspecified atom stereocenters. The van der Waals surface area contributed by atoms with Crippen LogP contribution in [0.4, 0.5) is 22.7 Å². The van der Waals surface area contributed by atoms with Crippen LogP contribution in [-0.4, -0.2) is 31.8 Å². The molecule has 12 heteroatoms. The molecule has 0 heterocycles. The van der Waals surface area contributed by atoms with Crippen LogP contribution in [0.3, 0.4) is 0 Å². The van der Waals surface area contributed by atoms with Crippen molar-refractivity contribution in [2.24, 2.45) is 0 Å². The molecular weight excluding hydrogens is 482 g/mol. The summed E-state index contributed by atoms with van der Waals surface area (Å²) >= 11 is 0. The lowest BCUT2D eigenvalue weighted by atomic mass is 10.0. The zero-order valence-corrected chi connectivity index (χ0v) is 19.2. The molecule has 1 amide bonds. The van der Waals surface area contributed by atoms with Gasteiger partial charge in [0.25, 0.3) is 20.2 Å². The molecule has 0 saturated heterocycles. The molecule has 176 valence electrons. The first kappa shape index (κ1) is 23.4. The largest absolute Gasteiger partial charge is 0.397 e. The number of benzene rings is 4. The molecular formula is C22H19N3O7S2. The molecule has 0 radical (unpaired) electrons. The molecule has 0 aromatic heterocycles. The Morgan fingerprint density at radius 3 is 2.00 bits per heavy atom. The van der Waals surface area contributed by atoms with Gasteiger partial charge in [0.15, 0.2) is 0 Å². The molecule has 4 aromatic carbocycles. The van der Waals surface area contributed by atoms with E-state index in [4.69, 9.17) is 5.73 Å². The quantitative estimate of drug-likeness (QED) is 0.155. The number of nitrogens with one attached hydrogen (secondary N) is 2. The first-order valence-electron chi connectivity index (χ1n) is 9.73. The van der Waals surface area contributed by atoms with E-state index >= 15 is 0 Å².